The topological polar surface area (TPSA) is 37.4 Å². The number of hydrogen-bond donors (Lipinski definition) is 0. The predicted molar refractivity (Wildman–Crippen MR) is 64.9 cm³/mol. The first-order valence-corrected chi connectivity index (χ1v) is 8.14. The lowest BCUT2D eigenvalue weighted by molar-refractivity contribution is 0.291. The molecule has 0 saturated carbocycles. The number of nitrogens with zero attached hydrogens (tertiary/aromatic N) is 1. The Labute approximate surface area is 95.9 Å². The van der Waals surface area contributed by atoms with Crippen LogP contribution in [0.25, 0.3) is 0 Å². The Morgan fingerprint density at radius 2 is 1.79 bits per heavy atom. The van der Waals surface area contributed by atoms with E-state index in [1.165, 1.54) is 6.26 Å². The van der Waals surface area contributed by atoms with E-state index in [2.05, 4.69) is 27.8 Å². The van der Waals surface area contributed by atoms with Crippen molar-refractivity contribution in [2.24, 2.45) is 0 Å². The SMILES string of the molecule is CCN(CCCBr)CCCS(C)(=O)=O. The summed E-state index contributed by atoms with van der Waals surface area (Å²) in [5.41, 5.74) is 0. The van der Waals surface area contributed by atoms with Gasteiger partial charge in [-0.05, 0) is 32.5 Å². The fourth-order valence-electron chi connectivity index (χ4n) is 1.26. The molecule has 0 bridgehead atoms. The normalized spacial score (nSPS) is 12.3. The van der Waals surface area contributed by atoms with Gasteiger partial charge in [-0.2, -0.15) is 0 Å². The van der Waals surface area contributed by atoms with Crippen molar-refractivity contribution in [3.63, 3.8) is 0 Å². The largest absolute Gasteiger partial charge is 0.304 e. The van der Waals surface area contributed by atoms with Crippen LogP contribution >= 0.6 is 15.9 Å². The number of rotatable bonds is 8. The first-order valence-electron chi connectivity index (χ1n) is 4.95. The van der Waals surface area contributed by atoms with E-state index < -0.39 is 9.84 Å². The highest BCUT2D eigenvalue weighted by molar-refractivity contribution is 9.09. The Balaban J connectivity index is 3.62. The fourth-order valence-corrected chi connectivity index (χ4v) is 2.17. The van der Waals surface area contributed by atoms with E-state index >= 15 is 0 Å². The molecule has 0 fully saturated rings. The van der Waals surface area contributed by atoms with Gasteiger partial charge in [0, 0.05) is 11.6 Å². The monoisotopic (exact) mass is 285 g/mol. The number of hydrogen-bond acceptors (Lipinski definition) is 3. The first-order chi connectivity index (χ1) is 6.49. The highest BCUT2D eigenvalue weighted by Crippen LogP contribution is 1.98. The van der Waals surface area contributed by atoms with Crippen molar-refractivity contribution >= 4 is 25.8 Å². The first kappa shape index (κ1) is 14.4. The molecule has 0 amide bonds. The van der Waals surface area contributed by atoms with Crippen molar-refractivity contribution < 1.29 is 8.42 Å². The molecular formula is C9H20BrNO2S. The van der Waals surface area contributed by atoms with E-state index in [4.69, 9.17) is 0 Å². The summed E-state index contributed by atoms with van der Waals surface area (Å²) in [7, 11) is -2.78. The van der Waals surface area contributed by atoms with Gasteiger partial charge in [-0.25, -0.2) is 8.42 Å². The lowest BCUT2D eigenvalue weighted by Gasteiger charge is -2.19. The van der Waals surface area contributed by atoms with Gasteiger partial charge in [0.1, 0.15) is 9.84 Å². The maximum absolute atomic E-state index is 10.9. The molecular weight excluding hydrogens is 266 g/mol. The standard InChI is InChI=1S/C9H20BrNO2S/c1-3-11(7-4-6-10)8-5-9-14(2,12)13/h3-9H2,1-2H3. The molecule has 0 unspecified atom stereocenters. The quantitative estimate of drug-likeness (QED) is 0.635. The molecule has 0 aromatic rings. The Morgan fingerprint density at radius 3 is 2.21 bits per heavy atom. The van der Waals surface area contributed by atoms with Crippen LogP contribution in [0.1, 0.15) is 19.8 Å². The molecule has 0 atom stereocenters. The van der Waals surface area contributed by atoms with Crippen molar-refractivity contribution in [2.75, 3.05) is 37.0 Å². The molecule has 0 saturated heterocycles. The molecule has 0 N–H and O–H groups in total. The molecule has 0 spiro atoms. The van der Waals surface area contributed by atoms with Crippen LogP contribution in [-0.2, 0) is 9.84 Å². The van der Waals surface area contributed by atoms with Crippen molar-refractivity contribution in [3.05, 3.63) is 0 Å². The van der Waals surface area contributed by atoms with Gasteiger partial charge in [0.05, 0.1) is 5.75 Å². The third kappa shape index (κ3) is 8.97. The molecule has 86 valence electrons. The molecule has 5 heteroatoms. The molecule has 0 aromatic heterocycles. The minimum atomic E-state index is -2.78. The highest BCUT2D eigenvalue weighted by atomic mass is 79.9. The third-order valence-electron chi connectivity index (χ3n) is 2.04. The van der Waals surface area contributed by atoms with Crippen LogP contribution in [0, 0.1) is 0 Å². The van der Waals surface area contributed by atoms with E-state index in [0.717, 1.165) is 37.8 Å². The zero-order chi connectivity index (χ0) is 11.0. The Hall–Kier alpha value is 0.390. The second-order valence-electron chi connectivity index (χ2n) is 3.46. The summed E-state index contributed by atoms with van der Waals surface area (Å²) in [5, 5.41) is 1.01. The molecule has 0 aliphatic heterocycles. The number of halogens is 1. The molecule has 0 aliphatic rings. The van der Waals surface area contributed by atoms with Gasteiger partial charge in [0.15, 0.2) is 0 Å². The van der Waals surface area contributed by atoms with Crippen LogP contribution < -0.4 is 0 Å². The molecule has 0 heterocycles. The van der Waals surface area contributed by atoms with Gasteiger partial charge < -0.3 is 4.90 Å². The lowest BCUT2D eigenvalue weighted by Crippen LogP contribution is -2.27. The molecule has 0 aliphatic carbocycles. The summed E-state index contributed by atoms with van der Waals surface area (Å²) >= 11 is 3.38. The molecule has 0 aromatic carbocycles. The van der Waals surface area contributed by atoms with Gasteiger partial charge in [-0.15, -0.1) is 0 Å². The van der Waals surface area contributed by atoms with E-state index in [1.54, 1.807) is 0 Å². The molecule has 0 rings (SSSR count). The van der Waals surface area contributed by atoms with Crippen LogP contribution in [0.5, 0.6) is 0 Å². The van der Waals surface area contributed by atoms with Gasteiger partial charge in [-0.1, -0.05) is 22.9 Å². The third-order valence-corrected chi connectivity index (χ3v) is 3.64. The van der Waals surface area contributed by atoms with Crippen LogP contribution in [0.3, 0.4) is 0 Å². The van der Waals surface area contributed by atoms with Crippen molar-refractivity contribution in [3.8, 4) is 0 Å². The van der Waals surface area contributed by atoms with Gasteiger partial charge >= 0.3 is 0 Å². The summed E-state index contributed by atoms with van der Waals surface area (Å²) < 4.78 is 21.8. The van der Waals surface area contributed by atoms with Crippen molar-refractivity contribution in [2.45, 2.75) is 19.8 Å². The van der Waals surface area contributed by atoms with Crippen molar-refractivity contribution in [1.82, 2.24) is 4.90 Å². The number of sulfone groups is 1. The Kier molecular flexibility index (Phi) is 7.86. The van der Waals surface area contributed by atoms with E-state index in [-0.39, 0.29) is 0 Å². The van der Waals surface area contributed by atoms with E-state index in [9.17, 15) is 8.42 Å². The lowest BCUT2D eigenvalue weighted by atomic mass is 10.3. The summed E-state index contributed by atoms with van der Waals surface area (Å²) in [4.78, 5) is 2.28. The maximum Gasteiger partial charge on any atom is 0.147 e. The maximum atomic E-state index is 10.9. The molecule has 0 radical (unpaired) electrons. The van der Waals surface area contributed by atoms with Crippen LogP contribution in [0.4, 0.5) is 0 Å². The summed E-state index contributed by atoms with van der Waals surface area (Å²) in [6, 6.07) is 0. The number of alkyl halides is 1. The minimum absolute atomic E-state index is 0.303. The van der Waals surface area contributed by atoms with Gasteiger partial charge in [0.2, 0.25) is 0 Å². The summed E-state index contributed by atoms with van der Waals surface area (Å²) in [6.07, 6.45) is 3.16. The van der Waals surface area contributed by atoms with Gasteiger partial charge in [-0.3, -0.25) is 0 Å². The minimum Gasteiger partial charge on any atom is -0.304 e. The van der Waals surface area contributed by atoms with E-state index in [1.807, 2.05) is 0 Å². The predicted octanol–water partition coefficient (Wildman–Crippen LogP) is 1.53. The van der Waals surface area contributed by atoms with E-state index in [0.29, 0.717) is 5.75 Å². The van der Waals surface area contributed by atoms with Crippen molar-refractivity contribution in [1.29, 1.82) is 0 Å². The fraction of sp³-hybridized carbons (Fsp3) is 1.00. The Morgan fingerprint density at radius 1 is 1.21 bits per heavy atom. The Bertz CT molecular complexity index is 229. The average molecular weight is 286 g/mol. The van der Waals surface area contributed by atoms with Crippen LogP contribution in [0.2, 0.25) is 0 Å². The van der Waals surface area contributed by atoms with Gasteiger partial charge in [0.25, 0.3) is 0 Å². The second kappa shape index (κ2) is 7.65. The molecule has 3 nitrogen and oxygen atoms in total. The van der Waals surface area contributed by atoms with Crippen LogP contribution in [-0.4, -0.2) is 50.3 Å². The van der Waals surface area contributed by atoms with Crippen LogP contribution in [0.15, 0.2) is 0 Å². The second-order valence-corrected chi connectivity index (χ2v) is 6.51. The highest BCUT2D eigenvalue weighted by Gasteiger charge is 2.05. The summed E-state index contributed by atoms with van der Waals surface area (Å²) in [5.74, 6) is 0.303. The zero-order valence-electron chi connectivity index (χ0n) is 9.00. The zero-order valence-corrected chi connectivity index (χ0v) is 11.4. The average Bonchev–Trinajstić information content (AvgIpc) is 2.09. The molecule has 14 heavy (non-hydrogen) atoms. The smallest absolute Gasteiger partial charge is 0.147 e. The summed E-state index contributed by atoms with van der Waals surface area (Å²) in [6.45, 7) is 5.04.